The third kappa shape index (κ3) is 1.59. The van der Waals surface area contributed by atoms with E-state index in [1.54, 1.807) is 0 Å². The first kappa shape index (κ1) is 11.0. The lowest BCUT2D eigenvalue weighted by Gasteiger charge is -2.42. The van der Waals surface area contributed by atoms with Crippen molar-refractivity contribution in [2.45, 2.75) is 25.0 Å². The van der Waals surface area contributed by atoms with Crippen molar-refractivity contribution >= 4 is 23.9 Å². The molecule has 0 spiro atoms. The summed E-state index contributed by atoms with van der Waals surface area (Å²) in [5.74, 6) is -2.85. The summed E-state index contributed by atoms with van der Waals surface area (Å²) in [5, 5.41) is 2.12. The van der Waals surface area contributed by atoms with Crippen LogP contribution in [0.4, 0.5) is 4.79 Å². The number of nitrogens with zero attached hydrogens (tertiary/aromatic N) is 1. The van der Waals surface area contributed by atoms with Crippen LogP contribution in [0, 0.1) is 0 Å². The van der Waals surface area contributed by atoms with Crippen molar-refractivity contribution in [1.29, 1.82) is 0 Å². The Balaban J connectivity index is 1.91. The maximum absolute atomic E-state index is 11.6. The minimum Gasteiger partial charge on any atom is -0.425 e. The van der Waals surface area contributed by atoms with Crippen molar-refractivity contribution < 1.29 is 33.4 Å². The Labute approximate surface area is 99.9 Å². The SMILES string of the molecule is O=C1CC2C3OC(=O)C(=O)OC(CN2C(=O)N1)O3. The summed E-state index contributed by atoms with van der Waals surface area (Å²) in [5.41, 5.74) is 0. The lowest BCUT2D eigenvalue weighted by molar-refractivity contribution is -0.256. The summed E-state index contributed by atoms with van der Waals surface area (Å²) in [7, 11) is 0. The average Bonchev–Trinajstić information content (AvgIpc) is 2.40. The van der Waals surface area contributed by atoms with Crippen LogP contribution in [0.5, 0.6) is 0 Å². The fraction of sp³-hybridized carbons (Fsp3) is 0.556. The van der Waals surface area contributed by atoms with Gasteiger partial charge in [-0.2, -0.15) is 0 Å². The van der Waals surface area contributed by atoms with Gasteiger partial charge in [0.1, 0.15) is 6.04 Å². The third-order valence-corrected chi connectivity index (χ3v) is 2.88. The predicted molar refractivity (Wildman–Crippen MR) is 49.5 cm³/mol. The van der Waals surface area contributed by atoms with Crippen LogP contribution < -0.4 is 5.32 Å². The summed E-state index contributed by atoms with van der Waals surface area (Å²) in [6, 6.07) is -1.36. The molecule has 0 aliphatic carbocycles. The molecular formula is C9H8N2O7. The molecule has 0 aromatic rings. The number of carbonyl (C=O) groups is 4. The molecule has 2 bridgehead atoms. The Morgan fingerprint density at radius 1 is 1.11 bits per heavy atom. The second-order valence-electron chi connectivity index (χ2n) is 4.02. The van der Waals surface area contributed by atoms with Crippen molar-refractivity contribution in [2.75, 3.05) is 6.54 Å². The number of urea groups is 1. The number of carbonyl (C=O) groups excluding carboxylic acids is 4. The fourth-order valence-corrected chi connectivity index (χ4v) is 2.09. The molecule has 3 unspecified atom stereocenters. The first-order valence-electron chi connectivity index (χ1n) is 5.22. The van der Waals surface area contributed by atoms with Crippen LogP contribution >= 0.6 is 0 Å². The van der Waals surface area contributed by atoms with Crippen molar-refractivity contribution in [3.8, 4) is 0 Å². The molecule has 9 nitrogen and oxygen atoms in total. The van der Waals surface area contributed by atoms with Crippen molar-refractivity contribution in [1.82, 2.24) is 10.2 Å². The molecule has 1 N–H and O–H groups in total. The van der Waals surface area contributed by atoms with Gasteiger partial charge in [0.05, 0.1) is 13.0 Å². The topological polar surface area (TPSA) is 111 Å². The predicted octanol–water partition coefficient (Wildman–Crippen LogP) is -1.92. The van der Waals surface area contributed by atoms with E-state index in [-0.39, 0.29) is 13.0 Å². The zero-order chi connectivity index (χ0) is 12.9. The molecule has 18 heavy (non-hydrogen) atoms. The quantitative estimate of drug-likeness (QED) is 0.397. The first-order chi connectivity index (χ1) is 8.54. The van der Waals surface area contributed by atoms with Crippen LogP contribution in [0.25, 0.3) is 0 Å². The molecule has 3 amide bonds. The first-order valence-corrected chi connectivity index (χ1v) is 5.22. The van der Waals surface area contributed by atoms with Gasteiger partial charge in [-0.25, -0.2) is 14.4 Å². The highest BCUT2D eigenvalue weighted by Crippen LogP contribution is 2.27. The Morgan fingerprint density at radius 3 is 2.61 bits per heavy atom. The fourth-order valence-electron chi connectivity index (χ4n) is 2.09. The van der Waals surface area contributed by atoms with E-state index < -0.39 is 42.5 Å². The van der Waals surface area contributed by atoms with Crippen LogP contribution in [0.2, 0.25) is 0 Å². The summed E-state index contributed by atoms with van der Waals surface area (Å²) in [4.78, 5) is 46.5. The number of esters is 2. The average molecular weight is 256 g/mol. The number of hydrogen-bond acceptors (Lipinski definition) is 7. The molecule has 3 aliphatic heterocycles. The monoisotopic (exact) mass is 256 g/mol. The molecule has 0 saturated carbocycles. The maximum Gasteiger partial charge on any atom is 0.419 e. The minimum absolute atomic E-state index is 0.0529. The van der Waals surface area contributed by atoms with E-state index in [4.69, 9.17) is 9.47 Å². The van der Waals surface area contributed by atoms with Gasteiger partial charge >= 0.3 is 18.0 Å². The van der Waals surface area contributed by atoms with Gasteiger partial charge in [0, 0.05) is 0 Å². The van der Waals surface area contributed by atoms with Gasteiger partial charge in [0.25, 0.3) is 0 Å². The van der Waals surface area contributed by atoms with Crippen LogP contribution in [0.1, 0.15) is 6.42 Å². The molecule has 3 fully saturated rings. The normalized spacial score (nSPS) is 35.1. The highest BCUT2D eigenvalue weighted by molar-refractivity contribution is 6.29. The van der Waals surface area contributed by atoms with Gasteiger partial charge in [-0.05, 0) is 0 Å². The summed E-state index contributed by atoms with van der Waals surface area (Å²) >= 11 is 0. The van der Waals surface area contributed by atoms with Crippen molar-refractivity contribution in [2.24, 2.45) is 0 Å². The maximum atomic E-state index is 11.6. The number of morpholine rings is 1. The molecule has 3 saturated heterocycles. The zero-order valence-corrected chi connectivity index (χ0v) is 8.95. The number of nitrogens with one attached hydrogen (secondary N) is 1. The third-order valence-electron chi connectivity index (χ3n) is 2.88. The number of imide groups is 1. The standard InChI is InChI=1S/C9H8N2O7/c12-4-1-3-8-17-5(2-11(3)9(15)10-4)16-6(13)7(14)18-8/h3,5,8H,1-2H2,(H,10,12,15). The van der Waals surface area contributed by atoms with Crippen LogP contribution in [-0.4, -0.2) is 53.9 Å². The van der Waals surface area contributed by atoms with Crippen LogP contribution in [0.3, 0.4) is 0 Å². The van der Waals surface area contributed by atoms with Gasteiger partial charge in [0.2, 0.25) is 18.5 Å². The summed E-state index contributed by atoms with van der Waals surface area (Å²) < 4.78 is 14.6. The van der Waals surface area contributed by atoms with Gasteiger partial charge in [-0.3, -0.25) is 14.8 Å². The minimum atomic E-state index is -1.19. The van der Waals surface area contributed by atoms with Crippen molar-refractivity contribution in [3.63, 3.8) is 0 Å². The molecule has 3 heterocycles. The van der Waals surface area contributed by atoms with E-state index in [0.717, 1.165) is 0 Å². The van der Waals surface area contributed by atoms with E-state index in [1.165, 1.54) is 4.90 Å². The lowest BCUT2D eigenvalue weighted by atomic mass is 10.1. The number of hydrogen-bond donors (Lipinski definition) is 1. The molecule has 3 atom stereocenters. The van der Waals surface area contributed by atoms with Gasteiger partial charge < -0.3 is 14.4 Å². The molecule has 0 aromatic heterocycles. The Kier molecular flexibility index (Phi) is 2.23. The summed E-state index contributed by atoms with van der Waals surface area (Å²) in [6.45, 7) is -0.0529. The number of ether oxygens (including phenoxy) is 3. The van der Waals surface area contributed by atoms with E-state index in [1.807, 2.05) is 0 Å². The molecule has 0 aromatic carbocycles. The summed E-state index contributed by atoms with van der Waals surface area (Å²) in [6.07, 6.45) is -2.30. The van der Waals surface area contributed by atoms with E-state index in [2.05, 4.69) is 10.1 Å². The van der Waals surface area contributed by atoms with Crippen LogP contribution in [-0.2, 0) is 28.6 Å². The van der Waals surface area contributed by atoms with Gasteiger partial charge in [-0.1, -0.05) is 0 Å². The molecule has 0 radical (unpaired) electrons. The van der Waals surface area contributed by atoms with E-state index >= 15 is 0 Å². The lowest BCUT2D eigenvalue weighted by Crippen LogP contribution is -2.64. The smallest absolute Gasteiger partial charge is 0.419 e. The van der Waals surface area contributed by atoms with Gasteiger partial charge in [-0.15, -0.1) is 0 Å². The van der Waals surface area contributed by atoms with Crippen molar-refractivity contribution in [3.05, 3.63) is 0 Å². The number of rotatable bonds is 0. The van der Waals surface area contributed by atoms with E-state index in [0.29, 0.717) is 0 Å². The highest BCUT2D eigenvalue weighted by Gasteiger charge is 2.49. The molecular weight excluding hydrogens is 248 g/mol. The Hall–Kier alpha value is -2.16. The van der Waals surface area contributed by atoms with E-state index in [9.17, 15) is 19.2 Å². The van der Waals surface area contributed by atoms with Crippen LogP contribution in [0.15, 0.2) is 0 Å². The molecule has 3 aliphatic rings. The second-order valence-corrected chi connectivity index (χ2v) is 4.02. The number of fused-ring (bicyclic) bond motifs is 4. The molecule has 9 heteroatoms. The zero-order valence-electron chi connectivity index (χ0n) is 8.95. The van der Waals surface area contributed by atoms with Gasteiger partial charge in [0.15, 0.2) is 0 Å². The largest absolute Gasteiger partial charge is 0.425 e. The molecule has 96 valence electrons. The Bertz CT molecular complexity index is 462. The highest BCUT2D eigenvalue weighted by atomic mass is 16.8. The second kappa shape index (κ2) is 3.67. The molecule has 3 rings (SSSR count). The Morgan fingerprint density at radius 2 is 1.83 bits per heavy atom. The number of amides is 3.